The second-order valence-corrected chi connectivity index (χ2v) is 5.39. The maximum atomic E-state index is 10.9. The second kappa shape index (κ2) is 2.47. The van der Waals surface area contributed by atoms with Gasteiger partial charge in [0.1, 0.15) is 0 Å². The van der Waals surface area contributed by atoms with Crippen LogP contribution in [-0.4, -0.2) is 35.6 Å². The second-order valence-electron chi connectivity index (χ2n) is 5.39. The van der Waals surface area contributed by atoms with Gasteiger partial charge in [0.05, 0.1) is 5.41 Å². The van der Waals surface area contributed by atoms with Crippen molar-refractivity contribution in [2.24, 2.45) is 10.8 Å². The smallest absolute Gasteiger partial charge is 0.310 e. The van der Waals surface area contributed by atoms with Crippen LogP contribution in [0.3, 0.4) is 0 Å². The van der Waals surface area contributed by atoms with Crippen LogP contribution >= 0.6 is 0 Å². The van der Waals surface area contributed by atoms with Crippen LogP contribution in [0.2, 0.25) is 0 Å². The third-order valence-corrected chi connectivity index (χ3v) is 3.14. The highest BCUT2D eigenvalue weighted by molar-refractivity contribution is 5.78. The maximum Gasteiger partial charge on any atom is 0.310 e. The quantitative estimate of drug-likeness (QED) is 0.714. The van der Waals surface area contributed by atoms with Gasteiger partial charge in [0.25, 0.3) is 0 Å². The van der Waals surface area contributed by atoms with Crippen LogP contribution in [0.15, 0.2) is 0 Å². The Morgan fingerprint density at radius 2 is 1.92 bits per heavy atom. The zero-order chi connectivity index (χ0) is 9.69. The molecule has 1 saturated heterocycles. The van der Waals surface area contributed by atoms with E-state index in [1.807, 2.05) is 0 Å². The molecule has 3 heteroatoms. The Morgan fingerprint density at radius 1 is 1.38 bits per heavy atom. The topological polar surface area (TPSA) is 40.5 Å². The van der Waals surface area contributed by atoms with Gasteiger partial charge < -0.3 is 10.0 Å². The van der Waals surface area contributed by atoms with E-state index in [0.29, 0.717) is 5.41 Å². The predicted octanol–water partition coefficient (Wildman–Crippen LogP) is 1.19. The van der Waals surface area contributed by atoms with Crippen molar-refractivity contribution in [1.82, 2.24) is 4.90 Å². The predicted molar refractivity (Wildman–Crippen MR) is 49.5 cm³/mol. The summed E-state index contributed by atoms with van der Waals surface area (Å²) in [6.07, 6.45) is 1.75. The van der Waals surface area contributed by atoms with Crippen LogP contribution in [0, 0.1) is 10.8 Å². The number of hydrogen-bond donors (Lipinski definition) is 1. The van der Waals surface area contributed by atoms with Gasteiger partial charge in [-0.05, 0) is 18.3 Å². The largest absolute Gasteiger partial charge is 0.481 e. The monoisotopic (exact) mass is 183 g/mol. The van der Waals surface area contributed by atoms with Crippen LogP contribution in [0.1, 0.15) is 26.7 Å². The zero-order valence-corrected chi connectivity index (χ0v) is 8.34. The van der Waals surface area contributed by atoms with Crippen LogP contribution < -0.4 is 0 Å². The van der Waals surface area contributed by atoms with E-state index in [1.165, 1.54) is 0 Å². The highest BCUT2D eigenvalue weighted by Crippen LogP contribution is 2.48. The first-order valence-corrected chi connectivity index (χ1v) is 4.89. The molecule has 0 bridgehead atoms. The molecule has 0 radical (unpaired) electrons. The molecule has 13 heavy (non-hydrogen) atoms. The molecule has 1 saturated carbocycles. The van der Waals surface area contributed by atoms with Crippen LogP contribution in [0.25, 0.3) is 0 Å². The van der Waals surface area contributed by atoms with Gasteiger partial charge in [-0.1, -0.05) is 13.8 Å². The molecule has 74 valence electrons. The van der Waals surface area contributed by atoms with E-state index in [0.717, 1.165) is 32.5 Å². The summed E-state index contributed by atoms with van der Waals surface area (Å²) in [5.74, 6) is -0.600. The zero-order valence-electron chi connectivity index (χ0n) is 8.34. The van der Waals surface area contributed by atoms with Crippen molar-refractivity contribution in [3.63, 3.8) is 0 Å². The number of hydrogen-bond acceptors (Lipinski definition) is 2. The molecule has 2 aliphatic rings. The minimum Gasteiger partial charge on any atom is -0.481 e. The van der Waals surface area contributed by atoms with E-state index in [1.54, 1.807) is 0 Å². The van der Waals surface area contributed by atoms with E-state index >= 15 is 0 Å². The van der Waals surface area contributed by atoms with Crippen molar-refractivity contribution in [3.8, 4) is 0 Å². The molecule has 0 aromatic carbocycles. The van der Waals surface area contributed by atoms with Crippen molar-refractivity contribution in [3.05, 3.63) is 0 Å². The van der Waals surface area contributed by atoms with E-state index in [9.17, 15) is 4.79 Å². The number of carboxylic acids is 1. The Kier molecular flexibility index (Phi) is 1.71. The Bertz CT molecular complexity index is 235. The molecule has 0 aromatic rings. The molecule has 2 rings (SSSR count). The van der Waals surface area contributed by atoms with Crippen molar-refractivity contribution >= 4 is 5.97 Å². The average Bonchev–Trinajstić information content (AvgIpc) is 2.64. The number of aliphatic carboxylic acids is 1. The fourth-order valence-electron chi connectivity index (χ4n) is 2.29. The lowest BCUT2D eigenvalue weighted by molar-refractivity contribution is -0.145. The molecule has 1 heterocycles. The minimum absolute atomic E-state index is 0.365. The van der Waals surface area contributed by atoms with Crippen molar-refractivity contribution in [1.29, 1.82) is 0 Å². The van der Waals surface area contributed by atoms with Crippen molar-refractivity contribution in [2.75, 3.05) is 19.6 Å². The molecule has 0 spiro atoms. The maximum absolute atomic E-state index is 10.9. The van der Waals surface area contributed by atoms with E-state index in [2.05, 4.69) is 18.7 Å². The summed E-state index contributed by atoms with van der Waals surface area (Å²) in [6, 6.07) is 0. The fraction of sp³-hybridized carbons (Fsp3) is 0.900. The molecule has 0 unspecified atom stereocenters. The highest BCUT2D eigenvalue weighted by atomic mass is 16.4. The molecule has 0 atom stereocenters. The van der Waals surface area contributed by atoms with E-state index in [4.69, 9.17) is 5.11 Å². The standard InChI is InChI=1S/C10H17NO2/c1-9(2)5-11(6-9)7-10(3-4-10)8(12)13/h3-7H2,1-2H3,(H,12,13). The van der Waals surface area contributed by atoms with Gasteiger partial charge in [-0.3, -0.25) is 4.79 Å². The molecule has 0 aromatic heterocycles. The summed E-state index contributed by atoms with van der Waals surface area (Å²) < 4.78 is 0. The fourth-order valence-corrected chi connectivity index (χ4v) is 2.29. The summed E-state index contributed by atoms with van der Waals surface area (Å²) in [7, 11) is 0. The first-order valence-electron chi connectivity index (χ1n) is 4.89. The number of rotatable bonds is 3. The molecule has 2 fully saturated rings. The average molecular weight is 183 g/mol. The summed E-state index contributed by atoms with van der Waals surface area (Å²) >= 11 is 0. The van der Waals surface area contributed by atoms with E-state index in [-0.39, 0.29) is 5.41 Å². The van der Waals surface area contributed by atoms with Gasteiger partial charge in [-0.15, -0.1) is 0 Å². The molecule has 3 nitrogen and oxygen atoms in total. The van der Waals surface area contributed by atoms with Gasteiger partial charge in [-0.2, -0.15) is 0 Å². The Balaban J connectivity index is 1.84. The van der Waals surface area contributed by atoms with Gasteiger partial charge >= 0.3 is 5.97 Å². The summed E-state index contributed by atoms with van der Waals surface area (Å²) in [6.45, 7) is 7.34. The Hall–Kier alpha value is -0.570. The molecular weight excluding hydrogens is 166 g/mol. The van der Waals surface area contributed by atoms with Crippen molar-refractivity contribution < 1.29 is 9.90 Å². The summed E-state index contributed by atoms with van der Waals surface area (Å²) in [5.41, 5.74) is 0.0467. The van der Waals surface area contributed by atoms with Crippen LogP contribution in [0.4, 0.5) is 0 Å². The Labute approximate surface area is 78.7 Å². The molecule has 1 aliphatic heterocycles. The lowest BCUT2D eigenvalue weighted by Gasteiger charge is -2.46. The normalized spacial score (nSPS) is 29.4. The number of carboxylic acid groups (broad SMARTS) is 1. The van der Waals surface area contributed by atoms with Crippen molar-refractivity contribution in [2.45, 2.75) is 26.7 Å². The summed E-state index contributed by atoms with van der Waals surface area (Å²) in [4.78, 5) is 13.2. The third-order valence-electron chi connectivity index (χ3n) is 3.14. The van der Waals surface area contributed by atoms with Gasteiger partial charge in [0.2, 0.25) is 0 Å². The first kappa shape index (κ1) is 9.00. The number of carbonyl (C=O) groups is 1. The van der Waals surface area contributed by atoms with Crippen LogP contribution in [-0.2, 0) is 4.79 Å². The molecule has 1 aliphatic carbocycles. The van der Waals surface area contributed by atoms with Crippen LogP contribution in [0.5, 0.6) is 0 Å². The Morgan fingerprint density at radius 3 is 2.23 bits per heavy atom. The van der Waals surface area contributed by atoms with Gasteiger partial charge in [0.15, 0.2) is 0 Å². The lowest BCUT2D eigenvalue weighted by atomic mass is 9.83. The number of nitrogens with zero attached hydrogens (tertiary/aromatic N) is 1. The minimum atomic E-state index is -0.600. The summed E-state index contributed by atoms with van der Waals surface area (Å²) in [5, 5.41) is 8.98. The molecular formula is C10H17NO2. The first-order chi connectivity index (χ1) is 5.94. The third kappa shape index (κ3) is 1.57. The highest BCUT2D eigenvalue weighted by Gasteiger charge is 2.53. The molecule has 1 N–H and O–H groups in total. The van der Waals surface area contributed by atoms with E-state index < -0.39 is 5.97 Å². The molecule has 0 amide bonds. The number of likely N-dealkylation sites (tertiary alicyclic amines) is 1. The SMILES string of the molecule is CC1(C)CN(CC2(C(=O)O)CC2)C1. The van der Waals surface area contributed by atoms with Gasteiger partial charge in [-0.25, -0.2) is 0 Å². The lowest BCUT2D eigenvalue weighted by Crippen LogP contribution is -2.55. The van der Waals surface area contributed by atoms with Gasteiger partial charge in [0, 0.05) is 19.6 Å².